The maximum Gasteiger partial charge on any atom is 0.113 e. The van der Waals surface area contributed by atoms with Crippen LogP contribution in [-0.2, 0) is 4.74 Å². The highest BCUT2D eigenvalue weighted by atomic mass is 19.1. The maximum absolute atomic E-state index is 13.4. The Morgan fingerprint density at radius 2 is 2.00 bits per heavy atom. The number of hydrogen-bond acceptors (Lipinski definition) is 2. The van der Waals surface area contributed by atoms with Crippen LogP contribution < -0.4 is 0 Å². The second-order valence-electron chi connectivity index (χ2n) is 4.09. The molecule has 0 aromatic carbocycles. The number of piperidine rings is 1. The Kier molecular flexibility index (Phi) is 6.12. The minimum Gasteiger partial charge on any atom is -0.385 e. The zero-order valence-electron chi connectivity index (χ0n) is 9.17. The molecule has 0 aromatic rings. The van der Waals surface area contributed by atoms with Gasteiger partial charge in [0.1, 0.15) is 6.17 Å². The number of likely N-dealkylation sites (tertiary alicyclic amines) is 1. The minimum atomic E-state index is -0.664. The van der Waals surface area contributed by atoms with Crippen LogP contribution in [0.5, 0.6) is 0 Å². The summed E-state index contributed by atoms with van der Waals surface area (Å²) < 4.78 is 18.3. The lowest BCUT2D eigenvalue weighted by Gasteiger charge is -2.27. The monoisotopic (exact) mass is 203 g/mol. The van der Waals surface area contributed by atoms with Crippen molar-refractivity contribution in [1.82, 2.24) is 4.90 Å². The Morgan fingerprint density at radius 3 is 2.64 bits per heavy atom. The predicted octanol–water partition coefficient (Wildman–Crippen LogP) is 2.24. The van der Waals surface area contributed by atoms with Crippen molar-refractivity contribution in [3.05, 3.63) is 0 Å². The molecular formula is C11H22FNO. The molecule has 1 heterocycles. The average Bonchev–Trinajstić information content (AvgIpc) is 2.20. The fraction of sp³-hybridized carbons (Fsp3) is 1.00. The first-order valence-corrected chi connectivity index (χ1v) is 5.68. The third-order valence-electron chi connectivity index (χ3n) is 2.77. The predicted molar refractivity (Wildman–Crippen MR) is 56.3 cm³/mol. The van der Waals surface area contributed by atoms with Crippen molar-refractivity contribution in [3.63, 3.8) is 0 Å². The van der Waals surface area contributed by atoms with E-state index in [2.05, 4.69) is 4.90 Å². The van der Waals surface area contributed by atoms with Gasteiger partial charge in [-0.15, -0.1) is 0 Å². The van der Waals surface area contributed by atoms with Crippen molar-refractivity contribution >= 4 is 0 Å². The van der Waals surface area contributed by atoms with Gasteiger partial charge in [0.05, 0.1) is 0 Å². The van der Waals surface area contributed by atoms with Crippen LogP contribution in [0.2, 0.25) is 0 Å². The summed E-state index contributed by atoms with van der Waals surface area (Å²) >= 11 is 0. The fourth-order valence-corrected chi connectivity index (χ4v) is 1.96. The van der Waals surface area contributed by atoms with Crippen LogP contribution >= 0.6 is 0 Å². The normalized spacial score (nSPS) is 21.0. The maximum atomic E-state index is 13.4. The number of nitrogens with zero attached hydrogens (tertiary/aromatic N) is 1. The molecule has 1 aliphatic rings. The Labute approximate surface area is 86.4 Å². The fourth-order valence-electron chi connectivity index (χ4n) is 1.96. The highest BCUT2D eigenvalue weighted by molar-refractivity contribution is 4.69. The number of rotatable bonds is 6. The van der Waals surface area contributed by atoms with Gasteiger partial charge in [0.2, 0.25) is 0 Å². The lowest BCUT2D eigenvalue weighted by molar-refractivity contribution is 0.142. The van der Waals surface area contributed by atoms with E-state index in [4.69, 9.17) is 4.74 Å². The summed E-state index contributed by atoms with van der Waals surface area (Å²) in [5.74, 6) is 0. The SMILES string of the molecule is COCCCC(F)CN1CCCCC1. The summed E-state index contributed by atoms with van der Waals surface area (Å²) in [6.07, 6.45) is 4.62. The van der Waals surface area contributed by atoms with Crippen molar-refractivity contribution in [2.45, 2.75) is 38.3 Å². The van der Waals surface area contributed by atoms with Crippen LogP contribution in [0.15, 0.2) is 0 Å². The van der Waals surface area contributed by atoms with Gasteiger partial charge in [-0.05, 0) is 38.8 Å². The minimum absolute atomic E-state index is 0.629. The van der Waals surface area contributed by atoms with Gasteiger partial charge in [0.15, 0.2) is 0 Å². The second kappa shape index (κ2) is 7.18. The summed E-state index contributed by atoms with van der Waals surface area (Å²) in [7, 11) is 1.66. The standard InChI is InChI=1S/C11H22FNO/c1-14-9-5-6-11(12)10-13-7-3-2-4-8-13/h11H,2-10H2,1H3. The molecule has 3 heteroatoms. The number of hydrogen-bond donors (Lipinski definition) is 0. The molecule has 0 bridgehead atoms. The van der Waals surface area contributed by atoms with Gasteiger partial charge >= 0.3 is 0 Å². The Hall–Kier alpha value is -0.150. The van der Waals surface area contributed by atoms with Crippen LogP contribution in [0, 0.1) is 0 Å². The van der Waals surface area contributed by atoms with E-state index in [0.29, 0.717) is 19.6 Å². The smallest absolute Gasteiger partial charge is 0.113 e. The highest BCUT2D eigenvalue weighted by Crippen LogP contribution is 2.12. The number of ether oxygens (including phenoxy) is 1. The summed E-state index contributed by atoms with van der Waals surface area (Å²) in [6.45, 7) is 3.49. The Balaban J connectivity index is 2.03. The van der Waals surface area contributed by atoms with Crippen LogP contribution in [0.3, 0.4) is 0 Å². The van der Waals surface area contributed by atoms with E-state index in [1.54, 1.807) is 7.11 Å². The first-order chi connectivity index (χ1) is 6.83. The molecule has 14 heavy (non-hydrogen) atoms. The Morgan fingerprint density at radius 1 is 1.29 bits per heavy atom. The first kappa shape index (κ1) is 11.9. The summed E-state index contributed by atoms with van der Waals surface area (Å²) in [5.41, 5.74) is 0. The first-order valence-electron chi connectivity index (χ1n) is 5.68. The molecule has 1 unspecified atom stereocenters. The third kappa shape index (κ3) is 4.91. The van der Waals surface area contributed by atoms with Crippen LogP contribution in [-0.4, -0.2) is 44.4 Å². The molecule has 1 aliphatic heterocycles. The van der Waals surface area contributed by atoms with Gasteiger partial charge in [-0.3, -0.25) is 0 Å². The quantitative estimate of drug-likeness (QED) is 0.614. The van der Waals surface area contributed by atoms with Crippen molar-refractivity contribution < 1.29 is 9.13 Å². The molecule has 0 saturated carbocycles. The molecule has 1 atom stereocenters. The van der Waals surface area contributed by atoms with Gasteiger partial charge in [0, 0.05) is 20.3 Å². The molecule has 84 valence electrons. The molecule has 1 fully saturated rings. The van der Waals surface area contributed by atoms with Crippen LogP contribution in [0.25, 0.3) is 0 Å². The van der Waals surface area contributed by atoms with E-state index in [1.165, 1.54) is 19.3 Å². The van der Waals surface area contributed by atoms with E-state index in [9.17, 15) is 4.39 Å². The second-order valence-corrected chi connectivity index (χ2v) is 4.09. The van der Waals surface area contributed by atoms with Gasteiger partial charge in [0.25, 0.3) is 0 Å². The van der Waals surface area contributed by atoms with Crippen molar-refractivity contribution in [3.8, 4) is 0 Å². The topological polar surface area (TPSA) is 12.5 Å². The lowest BCUT2D eigenvalue weighted by Crippen LogP contribution is -2.35. The van der Waals surface area contributed by atoms with E-state index in [1.807, 2.05) is 0 Å². The molecule has 2 nitrogen and oxygen atoms in total. The number of halogens is 1. The van der Waals surface area contributed by atoms with Crippen LogP contribution in [0.1, 0.15) is 32.1 Å². The molecule has 1 rings (SSSR count). The summed E-state index contributed by atoms with van der Waals surface area (Å²) in [4.78, 5) is 2.25. The molecule has 1 saturated heterocycles. The van der Waals surface area contributed by atoms with E-state index in [-0.39, 0.29) is 0 Å². The van der Waals surface area contributed by atoms with Gasteiger partial charge in [-0.2, -0.15) is 0 Å². The summed E-state index contributed by atoms with van der Waals surface area (Å²) in [6, 6.07) is 0. The number of methoxy groups -OCH3 is 1. The van der Waals surface area contributed by atoms with Crippen molar-refractivity contribution in [2.24, 2.45) is 0 Å². The lowest BCUT2D eigenvalue weighted by atomic mass is 10.1. The largest absolute Gasteiger partial charge is 0.385 e. The van der Waals surface area contributed by atoms with Gasteiger partial charge in [-0.25, -0.2) is 4.39 Å². The third-order valence-corrected chi connectivity index (χ3v) is 2.77. The molecule has 0 spiro atoms. The van der Waals surface area contributed by atoms with E-state index < -0.39 is 6.17 Å². The molecular weight excluding hydrogens is 181 g/mol. The number of alkyl halides is 1. The summed E-state index contributed by atoms with van der Waals surface area (Å²) in [5, 5.41) is 0. The van der Waals surface area contributed by atoms with Gasteiger partial charge in [-0.1, -0.05) is 6.42 Å². The van der Waals surface area contributed by atoms with E-state index >= 15 is 0 Å². The average molecular weight is 203 g/mol. The Bertz CT molecular complexity index is 137. The molecule has 0 radical (unpaired) electrons. The molecule has 0 amide bonds. The van der Waals surface area contributed by atoms with Crippen molar-refractivity contribution in [2.75, 3.05) is 33.4 Å². The molecule has 0 aromatic heterocycles. The molecule has 0 N–H and O–H groups in total. The van der Waals surface area contributed by atoms with Crippen LogP contribution in [0.4, 0.5) is 4.39 Å². The molecule has 0 aliphatic carbocycles. The zero-order valence-corrected chi connectivity index (χ0v) is 9.17. The van der Waals surface area contributed by atoms with Crippen molar-refractivity contribution in [1.29, 1.82) is 0 Å². The zero-order chi connectivity index (χ0) is 10.2. The highest BCUT2D eigenvalue weighted by Gasteiger charge is 2.15. The van der Waals surface area contributed by atoms with E-state index in [0.717, 1.165) is 19.5 Å². The van der Waals surface area contributed by atoms with Gasteiger partial charge < -0.3 is 9.64 Å².